The van der Waals surface area contributed by atoms with Gasteiger partial charge in [-0.3, -0.25) is 0 Å². The summed E-state index contributed by atoms with van der Waals surface area (Å²) in [5, 5.41) is 10.3. The van der Waals surface area contributed by atoms with Crippen molar-refractivity contribution in [2.24, 2.45) is 7.05 Å². The van der Waals surface area contributed by atoms with Gasteiger partial charge in [-0.05, 0) is 71.8 Å². The molecule has 13 rings (SSSR count). The number of benzene rings is 9. The molecule has 0 fully saturated rings. The molecule has 0 amide bonds. The Bertz CT molecular complexity index is 3660. The van der Waals surface area contributed by atoms with Crippen molar-refractivity contribution in [3.05, 3.63) is 206 Å². The topological polar surface area (TPSA) is 12.6 Å². The maximum atomic E-state index is 2.51. The Morgan fingerprint density at radius 2 is 0.949 bits per heavy atom. The van der Waals surface area contributed by atoms with Crippen LogP contribution in [0.1, 0.15) is 0 Å². The normalized spacial score (nSPS) is 11.8. The van der Waals surface area contributed by atoms with Crippen LogP contribution < -0.4 is 4.90 Å². The van der Waals surface area contributed by atoms with Crippen molar-refractivity contribution in [2.45, 2.75) is 0 Å². The average molecular weight is 772 g/mol. The molecule has 0 unspecified atom stereocenters. The molecule has 59 heavy (non-hydrogen) atoms. The van der Waals surface area contributed by atoms with E-state index in [1.54, 1.807) is 0 Å². The van der Waals surface area contributed by atoms with Crippen LogP contribution in [0.3, 0.4) is 0 Å². The second-order valence-corrected chi connectivity index (χ2v) is 16.4. The van der Waals surface area contributed by atoms with Crippen molar-refractivity contribution in [3.63, 3.8) is 0 Å². The fourth-order valence-electron chi connectivity index (χ4n) is 9.54. The number of para-hydroxylation sites is 4. The predicted octanol–water partition coefficient (Wildman–Crippen LogP) is 15.7. The summed E-state index contributed by atoms with van der Waals surface area (Å²) in [7, 11) is 2.17. The first-order chi connectivity index (χ1) is 29.2. The number of rotatable bonds is 4. The van der Waals surface area contributed by atoms with Gasteiger partial charge in [0.05, 0.1) is 22.2 Å². The zero-order chi connectivity index (χ0) is 39.0. The highest BCUT2D eigenvalue weighted by molar-refractivity contribution is 7.25. The van der Waals surface area contributed by atoms with Crippen molar-refractivity contribution in [2.75, 3.05) is 4.90 Å². The third-order valence-corrected chi connectivity index (χ3v) is 13.3. The molecule has 9 aromatic carbocycles. The highest BCUT2D eigenvalue weighted by Crippen LogP contribution is 2.47. The summed E-state index contributed by atoms with van der Waals surface area (Å²) in [5.41, 5.74) is 12.1. The highest BCUT2D eigenvalue weighted by atomic mass is 32.1. The lowest BCUT2D eigenvalue weighted by atomic mass is 9.99. The standard InChI is InChI=1S/C49H31N3S.C6H6/c1-50-41-18-5-3-13-39(41)47-33(14-9-20-43(47)50)30-23-25-31(26-24-30)51(32-27-28-46-40(29-32)35-12-4-7-22-45(35)53-46)44-21-10-17-38-37-16-8-15-36-34-11-2-6-19-42(34)52(48(36)37)49(38)44;1-2-4-6-5-3-1/h2-29H,1H3;1-6H. The van der Waals surface area contributed by atoms with Gasteiger partial charge in [-0.2, -0.15) is 0 Å². The summed E-state index contributed by atoms with van der Waals surface area (Å²) in [6, 6.07) is 74.8. The van der Waals surface area contributed by atoms with Gasteiger partial charge in [0.1, 0.15) is 0 Å². The van der Waals surface area contributed by atoms with E-state index in [1.165, 1.54) is 91.2 Å². The molecule has 278 valence electrons. The molecule has 0 bridgehead atoms. The summed E-state index contributed by atoms with van der Waals surface area (Å²) < 4.78 is 7.43. The third kappa shape index (κ3) is 5.13. The van der Waals surface area contributed by atoms with Crippen LogP contribution in [0.2, 0.25) is 0 Å². The quantitative estimate of drug-likeness (QED) is 0.174. The van der Waals surface area contributed by atoms with Crippen LogP contribution in [-0.4, -0.2) is 8.97 Å². The molecule has 4 heteroatoms. The van der Waals surface area contributed by atoms with Gasteiger partial charge in [0.25, 0.3) is 0 Å². The van der Waals surface area contributed by atoms with Crippen LogP contribution in [0.4, 0.5) is 17.1 Å². The lowest BCUT2D eigenvalue weighted by Gasteiger charge is -2.27. The molecule has 0 aliphatic carbocycles. The largest absolute Gasteiger partial charge is 0.344 e. The van der Waals surface area contributed by atoms with Crippen molar-refractivity contribution >= 4 is 108 Å². The molecule has 4 aromatic heterocycles. The van der Waals surface area contributed by atoms with E-state index < -0.39 is 0 Å². The van der Waals surface area contributed by atoms with Gasteiger partial charge in [-0.15, -0.1) is 11.3 Å². The molecule has 0 saturated heterocycles. The molecule has 0 radical (unpaired) electrons. The minimum absolute atomic E-state index is 1.12. The zero-order valence-corrected chi connectivity index (χ0v) is 33.2. The summed E-state index contributed by atoms with van der Waals surface area (Å²) >= 11 is 1.86. The number of fused-ring (bicyclic) bond motifs is 12. The second-order valence-electron chi connectivity index (χ2n) is 15.3. The van der Waals surface area contributed by atoms with Gasteiger partial charge < -0.3 is 13.9 Å². The van der Waals surface area contributed by atoms with E-state index in [0.717, 1.165) is 17.1 Å². The highest BCUT2D eigenvalue weighted by Gasteiger charge is 2.24. The zero-order valence-electron chi connectivity index (χ0n) is 32.4. The Labute approximate surface area is 345 Å². The molecule has 3 nitrogen and oxygen atoms in total. The molecule has 4 heterocycles. The fraction of sp³-hybridized carbons (Fsp3) is 0.0182. The summed E-state index contributed by atoms with van der Waals surface area (Å²) in [6.07, 6.45) is 0. The third-order valence-electron chi connectivity index (χ3n) is 12.1. The molecular formula is C55H37N3S. The summed E-state index contributed by atoms with van der Waals surface area (Å²) in [6.45, 7) is 0. The van der Waals surface area contributed by atoms with Gasteiger partial charge in [0, 0.05) is 81.9 Å². The van der Waals surface area contributed by atoms with Gasteiger partial charge in [0.2, 0.25) is 0 Å². The molecule has 0 aliphatic rings. The number of hydrogen-bond acceptors (Lipinski definition) is 2. The Kier molecular flexibility index (Phi) is 7.62. The lowest BCUT2D eigenvalue weighted by molar-refractivity contribution is 1.01. The van der Waals surface area contributed by atoms with E-state index in [9.17, 15) is 0 Å². The lowest BCUT2D eigenvalue weighted by Crippen LogP contribution is -2.11. The Morgan fingerprint density at radius 1 is 0.390 bits per heavy atom. The SMILES string of the molecule is Cn1c2ccccc2c2c(-c3ccc(N(c4ccc5sc6ccccc6c5c4)c4cccc5c6cccc7c8ccccc8n(c45)c76)cc3)cccc21.c1ccccc1. The van der Waals surface area contributed by atoms with Gasteiger partial charge in [-0.25, -0.2) is 0 Å². The van der Waals surface area contributed by atoms with E-state index in [4.69, 9.17) is 0 Å². The van der Waals surface area contributed by atoms with Gasteiger partial charge in [0.15, 0.2) is 0 Å². The molecule has 0 saturated carbocycles. The number of nitrogens with zero attached hydrogens (tertiary/aromatic N) is 3. The van der Waals surface area contributed by atoms with E-state index in [2.05, 4.69) is 191 Å². The smallest absolute Gasteiger partial charge is 0.0782 e. The number of aryl methyl sites for hydroxylation is 1. The molecule has 13 aromatic rings. The number of thiophene rings is 1. The average Bonchev–Trinajstić information content (AvgIpc) is 4.04. The van der Waals surface area contributed by atoms with Gasteiger partial charge >= 0.3 is 0 Å². The number of anilines is 3. The van der Waals surface area contributed by atoms with E-state index in [0.29, 0.717) is 0 Å². The molecular weight excluding hydrogens is 735 g/mol. The maximum Gasteiger partial charge on any atom is 0.0782 e. The number of hydrogen-bond donors (Lipinski definition) is 0. The van der Waals surface area contributed by atoms with Crippen LogP contribution in [0.15, 0.2) is 206 Å². The molecule has 0 spiro atoms. The first-order valence-electron chi connectivity index (χ1n) is 20.2. The Balaban J connectivity index is 0.000000580. The van der Waals surface area contributed by atoms with Gasteiger partial charge in [-0.1, -0.05) is 146 Å². The minimum Gasteiger partial charge on any atom is -0.344 e. The monoisotopic (exact) mass is 771 g/mol. The molecule has 0 N–H and O–H groups in total. The Hall–Kier alpha value is -7.40. The summed E-state index contributed by atoms with van der Waals surface area (Å²) in [4.78, 5) is 2.47. The maximum absolute atomic E-state index is 2.51. The minimum atomic E-state index is 1.12. The second kappa shape index (κ2) is 13.3. The van der Waals surface area contributed by atoms with E-state index >= 15 is 0 Å². The molecule has 0 atom stereocenters. The van der Waals surface area contributed by atoms with Crippen LogP contribution in [0.25, 0.3) is 91.2 Å². The van der Waals surface area contributed by atoms with Crippen molar-refractivity contribution < 1.29 is 0 Å². The van der Waals surface area contributed by atoms with E-state index in [1.807, 2.05) is 47.7 Å². The van der Waals surface area contributed by atoms with Crippen molar-refractivity contribution in [3.8, 4) is 11.1 Å². The predicted molar refractivity (Wildman–Crippen MR) is 255 cm³/mol. The first kappa shape index (κ1) is 33.7. The number of aromatic nitrogens is 2. The summed E-state index contributed by atoms with van der Waals surface area (Å²) in [5.74, 6) is 0. The van der Waals surface area contributed by atoms with Crippen LogP contribution in [0.5, 0.6) is 0 Å². The van der Waals surface area contributed by atoms with Crippen LogP contribution >= 0.6 is 11.3 Å². The van der Waals surface area contributed by atoms with Crippen LogP contribution in [-0.2, 0) is 7.05 Å². The first-order valence-corrected chi connectivity index (χ1v) is 21.0. The van der Waals surface area contributed by atoms with E-state index in [-0.39, 0.29) is 0 Å². The molecule has 0 aliphatic heterocycles. The van der Waals surface area contributed by atoms with Crippen molar-refractivity contribution in [1.29, 1.82) is 0 Å². The Morgan fingerprint density at radius 3 is 1.73 bits per heavy atom. The van der Waals surface area contributed by atoms with Crippen molar-refractivity contribution in [1.82, 2.24) is 8.97 Å². The van der Waals surface area contributed by atoms with Crippen LogP contribution in [0, 0.1) is 0 Å². The fourth-order valence-corrected chi connectivity index (χ4v) is 10.6.